The Labute approximate surface area is 190 Å². The smallest absolute Gasteiger partial charge is 0.312 e. The van der Waals surface area contributed by atoms with E-state index >= 15 is 0 Å². The molecule has 0 radical (unpaired) electrons. The van der Waals surface area contributed by atoms with Crippen LogP contribution in [0.3, 0.4) is 0 Å². The van der Waals surface area contributed by atoms with E-state index in [-0.39, 0.29) is 36.2 Å². The zero-order chi connectivity index (χ0) is 23.3. The van der Waals surface area contributed by atoms with Crippen LogP contribution in [0.1, 0.15) is 0 Å². The van der Waals surface area contributed by atoms with Crippen molar-refractivity contribution in [1.29, 1.82) is 0 Å². The molecule has 3 rings (SSSR count). The summed E-state index contributed by atoms with van der Waals surface area (Å²) in [5, 5.41) is 14.1. The fourth-order valence-electron chi connectivity index (χ4n) is 3.39. The molecule has 1 amide bonds. The highest BCUT2D eigenvalue weighted by molar-refractivity contribution is 7.98. The van der Waals surface area contributed by atoms with Crippen LogP contribution in [0.5, 0.6) is 5.75 Å². The van der Waals surface area contributed by atoms with Crippen LogP contribution in [0.4, 0.5) is 11.4 Å². The number of carbonyl (C=O) groups excluding carboxylic acids is 1. The van der Waals surface area contributed by atoms with Crippen LogP contribution in [0.2, 0.25) is 0 Å². The van der Waals surface area contributed by atoms with Crippen molar-refractivity contribution in [2.75, 3.05) is 51.4 Å². The lowest BCUT2D eigenvalue weighted by Crippen LogP contribution is -2.50. The van der Waals surface area contributed by atoms with Gasteiger partial charge in [-0.25, -0.2) is 8.42 Å². The molecule has 0 unspecified atom stereocenters. The largest absolute Gasteiger partial charge is 0.490 e. The molecule has 2 aromatic carbocycles. The van der Waals surface area contributed by atoms with Crippen molar-refractivity contribution in [3.8, 4) is 5.75 Å². The number of anilines is 1. The standard InChI is InChI=1S/C20H24N4O6S2/c1-30-18-8-7-15(13-17(18)24(26)27)32(28,29)23-11-9-22(10-12-23)14-20(25)21-16-5-3-4-6-19(16)31-2/h3-8,13H,9-12,14H2,1-2H3,(H,21,25). The van der Waals surface area contributed by atoms with Gasteiger partial charge in [0.1, 0.15) is 0 Å². The molecule has 0 aliphatic carbocycles. The van der Waals surface area contributed by atoms with Gasteiger partial charge in [0.05, 0.1) is 29.2 Å². The zero-order valence-corrected chi connectivity index (χ0v) is 19.3. The van der Waals surface area contributed by atoms with Crippen molar-refractivity contribution in [3.63, 3.8) is 0 Å². The van der Waals surface area contributed by atoms with Crippen LogP contribution >= 0.6 is 11.8 Å². The average molecular weight is 481 g/mol. The van der Waals surface area contributed by atoms with Crippen molar-refractivity contribution in [3.05, 3.63) is 52.6 Å². The Morgan fingerprint density at radius 2 is 1.88 bits per heavy atom. The van der Waals surface area contributed by atoms with E-state index in [2.05, 4.69) is 5.32 Å². The Hall–Kier alpha value is -2.67. The molecule has 0 saturated carbocycles. The van der Waals surface area contributed by atoms with E-state index in [1.165, 1.54) is 35.3 Å². The summed E-state index contributed by atoms with van der Waals surface area (Å²) in [4.78, 5) is 25.7. The Bertz CT molecular complexity index is 1100. The number of ether oxygens (including phenoxy) is 1. The third kappa shape index (κ3) is 5.38. The number of nitrogens with one attached hydrogen (secondary N) is 1. The number of hydrogen-bond donors (Lipinski definition) is 1. The minimum Gasteiger partial charge on any atom is -0.490 e. The molecule has 1 heterocycles. The predicted octanol–water partition coefficient (Wildman–Crippen LogP) is 2.27. The Kier molecular flexibility index (Phi) is 7.72. The Morgan fingerprint density at radius 3 is 2.50 bits per heavy atom. The monoisotopic (exact) mass is 480 g/mol. The van der Waals surface area contributed by atoms with E-state index in [0.29, 0.717) is 13.1 Å². The quantitative estimate of drug-likeness (QED) is 0.347. The number of carbonyl (C=O) groups is 1. The van der Waals surface area contributed by atoms with Crippen LogP contribution in [-0.4, -0.2) is 74.5 Å². The Balaban J connectivity index is 1.62. The number of nitrogens with zero attached hydrogens (tertiary/aromatic N) is 3. The number of methoxy groups -OCH3 is 1. The molecule has 1 aliphatic rings. The van der Waals surface area contributed by atoms with Gasteiger partial charge in [-0.15, -0.1) is 11.8 Å². The van der Waals surface area contributed by atoms with E-state index in [1.54, 1.807) is 0 Å². The number of benzene rings is 2. The summed E-state index contributed by atoms with van der Waals surface area (Å²) in [5.41, 5.74) is 0.335. The van der Waals surface area contributed by atoms with Crippen molar-refractivity contribution in [2.24, 2.45) is 0 Å². The minimum absolute atomic E-state index is 0.00664. The molecule has 0 bridgehead atoms. The molecule has 1 fully saturated rings. The fraction of sp³-hybridized carbons (Fsp3) is 0.350. The van der Waals surface area contributed by atoms with Crippen molar-refractivity contribution in [1.82, 2.24) is 9.21 Å². The van der Waals surface area contributed by atoms with Crippen LogP contribution < -0.4 is 10.1 Å². The molecular weight excluding hydrogens is 456 g/mol. The van der Waals surface area contributed by atoms with Gasteiger partial charge in [0, 0.05) is 37.1 Å². The summed E-state index contributed by atoms with van der Waals surface area (Å²) >= 11 is 1.54. The number of para-hydroxylation sites is 1. The number of sulfonamides is 1. The van der Waals surface area contributed by atoms with Gasteiger partial charge >= 0.3 is 5.69 Å². The molecule has 0 spiro atoms. The molecule has 1 saturated heterocycles. The highest BCUT2D eigenvalue weighted by atomic mass is 32.2. The van der Waals surface area contributed by atoms with Gasteiger partial charge in [-0.05, 0) is 30.5 Å². The van der Waals surface area contributed by atoms with Gasteiger partial charge in [-0.2, -0.15) is 4.31 Å². The maximum atomic E-state index is 13.0. The molecule has 12 heteroatoms. The second-order valence-corrected chi connectivity index (χ2v) is 9.81. The Morgan fingerprint density at radius 1 is 1.19 bits per heavy atom. The molecule has 2 aromatic rings. The topological polar surface area (TPSA) is 122 Å². The van der Waals surface area contributed by atoms with Crippen LogP contribution in [-0.2, 0) is 14.8 Å². The SMILES string of the molecule is COc1ccc(S(=O)(=O)N2CCN(CC(=O)Nc3ccccc3SC)CC2)cc1[N+](=O)[O-]. The summed E-state index contributed by atoms with van der Waals surface area (Å²) in [6.07, 6.45) is 1.93. The normalized spacial score (nSPS) is 15.3. The van der Waals surface area contributed by atoms with E-state index in [1.807, 2.05) is 35.4 Å². The van der Waals surface area contributed by atoms with Gasteiger partial charge in [0.15, 0.2) is 5.75 Å². The number of hydrogen-bond acceptors (Lipinski definition) is 8. The van der Waals surface area contributed by atoms with Gasteiger partial charge < -0.3 is 10.1 Å². The second-order valence-electron chi connectivity index (χ2n) is 7.02. The van der Waals surface area contributed by atoms with Crippen LogP contribution in [0, 0.1) is 10.1 Å². The van der Waals surface area contributed by atoms with E-state index in [4.69, 9.17) is 4.74 Å². The molecule has 10 nitrogen and oxygen atoms in total. The number of nitro benzene ring substituents is 1. The molecule has 172 valence electrons. The third-order valence-electron chi connectivity index (χ3n) is 5.06. The summed E-state index contributed by atoms with van der Waals surface area (Å²) < 4.78 is 32.1. The van der Waals surface area contributed by atoms with Crippen molar-refractivity contribution >= 4 is 39.1 Å². The maximum Gasteiger partial charge on any atom is 0.312 e. The molecule has 32 heavy (non-hydrogen) atoms. The highest BCUT2D eigenvalue weighted by Crippen LogP contribution is 2.31. The van der Waals surface area contributed by atoms with Crippen LogP contribution in [0.25, 0.3) is 0 Å². The number of thioether (sulfide) groups is 1. The van der Waals surface area contributed by atoms with Crippen molar-refractivity contribution in [2.45, 2.75) is 9.79 Å². The molecule has 0 aromatic heterocycles. The molecular formula is C20H24N4O6S2. The first-order valence-electron chi connectivity index (χ1n) is 9.74. The fourth-order valence-corrected chi connectivity index (χ4v) is 5.39. The van der Waals surface area contributed by atoms with Gasteiger partial charge in [-0.3, -0.25) is 19.8 Å². The lowest BCUT2D eigenvalue weighted by molar-refractivity contribution is -0.386. The number of nitro groups is 1. The van der Waals surface area contributed by atoms with Crippen LogP contribution in [0.15, 0.2) is 52.3 Å². The summed E-state index contributed by atoms with van der Waals surface area (Å²) in [5.74, 6) is -0.179. The average Bonchev–Trinajstić information content (AvgIpc) is 2.79. The zero-order valence-electron chi connectivity index (χ0n) is 17.7. The lowest BCUT2D eigenvalue weighted by atomic mass is 10.3. The first kappa shape index (κ1) is 24.0. The van der Waals surface area contributed by atoms with E-state index in [0.717, 1.165) is 16.6 Å². The van der Waals surface area contributed by atoms with Crippen molar-refractivity contribution < 1.29 is 22.9 Å². The minimum atomic E-state index is -3.91. The second kappa shape index (κ2) is 10.3. The first-order chi connectivity index (χ1) is 15.3. The van der Waals surface area contributed by atoms with E-state index in [9.17, 15) is 23.3 Å². The predicted molar refractivity (Wildman–Crippen MR) is 122 cm³/mol. The number of amides is 1. The molecule has 1 N–H and O–H groups in total. The summed E-state index contributed by atoms with van der Waals surface area (Å²) in [7, 11) is -2.63. The number of piperazine rings is 1. The third-order valence-corrected chi connectivity index (χ3v) is 7.75. The van der Waals surface area contributed by atoms with Gasteiger partial charge in [-0.1, -0.05) is 12.1 Å². The molecule has 0 atom stereocenters. The maximum absolute atomic E-state index is 13.0. The van der Waals surface area contributed by atoms with Gasteiger partial charge in [0.2, 0.25) is 15.9 Å². The summed E-state index contributed by atoms with van der Waals surface area (Å²) in [6, 6.07) is 11.1. The van der Waals surface area contributed by atoms with Gasteiger partial charge in [0.25, 0.3) is 0 Å². The van der Waals surface area contributed by atoms with E-state index < -0.39 is 20.6 Å². The highest BCUT2D eigenvalue weighted by Gasteiger charge is 2.31. The first-order valence-corrected chi connectivity index (χ1v) is 12.4. The summed E-state index contributed by atoms with van der Waals surface area (Å²) in [6.45, 7) is 1.24. The lowest BCUT2D eigenvalue weighted by Gasteiger charge is -2.33. The molecule has 1 aliphatic heterocycles. The number of rotatable bonds is 8.